The van der Waals surface area contributed by atoms with Gasteiger partial charge in [0.15, 0.2) is 0 Å². The molecule has 68 valence electrons. The molecule has 2 nitrogen and oxygen atoms in total. The number of esters is 1. The van der Waals surface area contributed by atoms with E-state index in [0.29, 0.717) is 12.2 Å². The Bertz CT molecular complexity index is 288. The first-order chi connectivity index (χ1) is 6.33. The molecule has 0 saturated heterocycles. The Labute approximate surface area is 77.8 Å². The molecule has 0 aromatic heterocycles. The maximum absolute atomic E-state index is 11.1. The first-order valence-electron chi connectivity index (χ1n) is 4.20. The minimum Gasteiger partial charge on any atom is -0.426 e. The Morgan fingerprint density at radius 2 is 2.08 bits per heavy atom. The van der Waals surface area contributed by atoms with Crippen LogP contribution in [-0.2, 0) is 4.79 Å². The van der Waals surface area contributed by atoms with Gasteiger partial charge in [0.1, 0.15) is 5.75 Å². The molecule has 0 atom stereocenters. The van der Waals surface area contributed by atoms with Gasteiger partial charge in [-0.25, -0.2) is 0 Å². The monoisotopic (exact) mass is 176 g/mol. The van der Waals surface area contributed by atoms with Crippen molar-refractivity contribution < 1.29 is 9.53 Å². The maximum atomic E-state index is 11.1. The highest BCUT2D eigenvalue weighted by Crippen LogP contribution is 2.09. The summed E-state index contributed by atoms with van der Waals surface area (Å²) in [6.45, 7) is 1.87. The molecule has 0 radical (unpaired) electrons. The SMILES string of the molecule is CC=CCC(=O)Oc1ccccc1. The normalized spacial score (nSPS) is 10.2. The number of carbonyl (C=O) groups excluding carboxylic acids is 1. The zero-order chi connectivity index (χ0) is 9.52. The molecule has 0 aliphatic heterocycles. The second kappa shape index (κ2) is 5.14. The lowest BCUT2D eigenvalue weighted by atomic mass is 10.3. The summed E-state index contributed by atoms with van der Waals surface area (Å²) in [6, 6.07) is 9.06. The fourth-order valence-corrected chi connectivity index (χ4v) is 0.876. The molecule has 1 aromatic carbocycles. The van der Waals surface area contributed by atoms with Gasteiger partial charge >= 0.3 is 5.97 Å². The van der Waals surface area contributed by atoms with E-state index in [4.69, 9.17) is 4.74 Å². The molecule has 1 rings (SSSR count). The van der Waals surface area contributed by atoms with E-state index in [0.717, 1.165) is 0 Å². The summed E-state index contributed by atoms with van der Waals surface area (Å²) in [5, 5.41) is 0. The quantitative estimate of drug-likeness (QED) is 0.402. The van der Waals surface area contributed by atoms with Crippen molar-refractivity contribution in [2.75, 3.05) is 0 Å². The predicted molar refractivity (Wildman–Crippen MR) is 51.5 cm³/mol. The average Bonchev–Trinajstić information content (AvgIpc) is 2.16. The molecule has 0 amide bonds. The molecular formula is C11H12O2. The summed E-state index contributed by atoms with van der Waals surface area (Å²) in [5.74, 6) is 0.362. The van der Waals surface area contributed by atoms with Crippen molar-refractivity contribution in [3.05, 3.63) is 42.5 Å². The average molecular weight is 176 g/mol. The number of benzene rings is 1. The Morgan fingerprint density at radius 1 is 1.38 bits per heavy atom. The van der Waals surface area contributed by atoms with Gasteiger partial charge in [0, 0.05) is 0 Å². The van der Waals surface area contributed by atoms with E-state index in [-0.39, 0.29) is 5.97 Å². The molecule has 0 fully saturated rings. The minimum absolute atomic E-state index is 0.232. The van der Waals surface area contributed by atoms with Crippen molar-refractivity contribution in [2.45, 2.75) is 13.3 Å². The second-order valence-corrected chi connectivity index (χ2v) is 2.56. The Morgan fingerprint density at radius 3 is 2.69 bits per heavy atom. The lowest BCUT2D eigenvalue weighted by molar-refractivity contribution is -0.133. The highest BCUT2D eigenvalue weighted by atomic mass is 16.5. The van der Waals surface area contributed by atoms with Gasteiger partial charge in [-0.15, -0.1) is 0 Å². The first kappa shape index (κ1) is 9.52. The molecule has 2 heteroatoms. The van der Waals surface area contributed by atoms with Crippen LogP contribution in [0.25, 0.3) is 0 Å². The molecule has 0 unspecified atom stereocenters. The number of allylic oxidation sites excluding steroid dienone is 1. The van der Waals surface area contributed by atoms with Crippen LogP contribution in [0.2, 0.25) is 0 Å². The highest BCUT2D eigenvalue weighted by molar-refractivity contribution is 5.73. The van der Waals surface area contributed by atoms with Gasteiger partial charge in [0.25, 0.3) is 0 Å². The van der Waals surface area contributed by atoms with E-state index in [2.05, 4.69) is 0 Å². The second-order valence-electron chi connectivity index (χ2n) is 2.56. The molecule has 0 N–H and O–H groups in total. The maximum Gasteiger partial charge on any atom is 0.315 e. The zero-order valence-corrected chi connectivity index (χ0v) is 7.57. The van der Waals surface area contributed by atoms with Crippen molar-refractivity contribution in [3.63, 3.8) is 0 Å². The predicted octanol–water partition coefficient (Wildman–Crippen LogP) is 2.56. The van der Waals surface area contributed by atoms with E-state index < -0.39 is 0 Å². The zero-order valence-electron chi connectivity index (χ0n) is 7.57. The third kappa shape index (κ3) is 3.56. The first-order valence-corrected chi connectivity index (χ1v) is 4.20. The third-order valence-corrected chi connectivity index (χ3v) is 1.50. The van der Waals surface area contributed by atoms with E-state index in [1.165, 1.54) is 0 Å². The molecule has 0 aliphatic rings. The smallest absolute Gasteiger partial charge is 0.315 e. The van der Waals surface area contributed by atoms with Gasteiger partial charge in [-0.1, -0.05) is 30.4 Å². The molecule has 0 heterocycles. The van der Waals surface area contributed by atoms with Gasteiger partial charge in [-0.2, -0.15) is 0 Å². The Balaban J connectivity index is 2.46. The van der Waals surface area contributed by atoms with Crippen LogP contribution in [0.3, 0.4) is 0 Å². The standard InChI is InChI=1S/C11H12O2/c1-2-3-9-11(12)13-10-7-5-4-6-8-10/h2-8H,9H2,1H3. The van der Waals surface area contributed by atoms with Gasteiger partial charge in [-0.3, -0.25) is 4.79 Å². The summed E-state index contributed by atoms with van der Waals surface area (Å²) in [5.41, 5.74) is 0. The summed E-state index contributed by atoms with van der Waals surface area (Å²) in [4.78, 5) is 11.1. The largest absolute Gasteiger partial charge is 0.426 e. The van der Waals surface area contributed by atoms with Crippen LogP contribution in [0.4, 0.5) is 0 Å². The molecule has 0 spiro atoms. The molecular weight excluding hydrogens is 164 g/mol. The van der Waals surface area contributed by atoms with Crippen molar-refractivity contribution in [1.82, 2.24) is 0 Å². The van der Waals surface area contributed by atoms with E-state index in [1.807, 2.05) is 31.2 Å². The van der Waals surface area contributed by atoms with Crippen LogP contribution in [0.5, 0.6) is 5.75 Å². The molecule has 1 aromatic rings. The fraction of sp³-hybridized carbons (Fsp3) is 0.182. The van der Waals surface area contributed by atoms with Crippen molar-refractivity contribution in [3.8, 4) is 5.75 Å². The number of ether oxygens (including phenoxy) is 1. The molecule has 0 aliphatic carbocycles. The third-order valence-electron chi connectivity index (χ3n) is 1.50. The Kier molecular flexibility index (Phi) is 3.76. The van der Waals surface area contributed by atoms with E-state index in [1.54, 1.807) is 18.2 Å². The van der Waals surface area contributed by atoms with Gasteiger partial charge in [-0.05, 0) is 19.1 Å². The summed E-state index contributed by atoms with van der Waals surface area (Å²) >= 11 is 0. The summed E-state index contributed by atoms with van der Waals surface area (Å²) in [6.07, 6.45) is 3.92. The Hall–Kier alpha value is -1.57. The van der Waals surface area contributed by atoms with Crippen LogP contribution in [0.15, 0.2) is 42.5 Å². The highest BCUT2D eigenvalue weighted by Gasteiger charge is 2.00. The lowest BCUT2D eigenvalue weighted by Gasteiger charge is -2.00. The molecule has 0 bridgehead atoms. The van der Waals surface area contributed by atoms with Gasteiger partial charge in [0.05, 0.1) is 6.42 Å². The van der Waals surface area contributed by atoms with Gasteiger partial charge < -0.3 is 4.74 Å². The number of hydrogen-bond donors (Lipinski definition) is 0. The summed E-state index contributed by atoms with van der Waals surface area (Å²) < 4.78 is 5.03. The lowest BCUT2D eigenvalue weighted by Crippen LogP contribution is -2.05. The number of para-hydroxylation sites is 1. The number of hydrogen-bond acceptors (Lipinski definition) is 2. The van der Waals surface area contributed by atoms with E-state index in [9.17, 15) is 4.79 Å². The molecule has 0 saturated carbocycles. The van der Waals surface area contributed by atoms with Gasteiger partial charge in [0.2, 0.25) is 0 Å². The molecule has 13 heavy (non-hydrogen) atoms. The van der Waals surface area contributed by atoms with Crippen LogP contribution in [0.1, 0.15) is 13.3 Å². The van der Waals surface area contributed by atoms with E-state index >= 15 is 0 Å². The van der Waals surface area contributed by atoms with Crippen LogP contribution in [0, 0.1) is 0 Å². The van der Waals surface area contributed by atoms with Crippen LogP contribution < -0.4 is 4.74 Å². The van der Waals surface area contributed by atoms with Crippen LogP contribution >= 0.6 is 0 Å². The number of carbonyl (C=O) groups is 1. The van der Waals surface area contributed by atoms with Crippen LogP contribution in [-0.4, -0.2) is 5.97 Å². The van der Waals surface area contributed by atoms with Crippen molar-refractivity contribution >= 4 is 5.97 Å². The number of rotatable bonds is 3. The van der Waals surface area contributed by atoms with Crippen molar-refractivity contribution in [2.24, 2.45) is 0 Å². The minimum atomic E-state index is -0.232. The fourth-order valence-electron chi connectivity index (χ4n) is 0.876. The topological polar surface area (TPSA) is 26.3 Å². The van der Waals surface area contributed by atoms with Crippen molar-refractivity contribution in [1.29, 1.82) is 0 Å². The summed E-state index contributed by atoms with van der Waals surface area (Å²) in [7, 11) is 0.